The molecule has 0 amide bonds. The molecule has 0 radical (unpaired) electrons. The molecule has 0 heteroatoms. The summed E-state index contributed by atoms with van der Waals surface area (Å²) in [4.78, 5) is 0. The molecule has 0 aromatic carbocycles. The summed E-state index contributed by atoms with van der Waals surface area (Å²) in [6, 6.07) is 0. The van der Waals surface area contributed by atoms with E-state index in [2.05, 4.69) is 39.0 Å². The molecule has 1 rings (SSSR count). The Morgan fingerprint density at radius 1 is 1.40 bits per heavy atom. The normalized spacial score (nSPS) is 33.3. The van der Waals surface area contributed by atoms with Crippen LogP contribution in [0.4, 0.5) is 0 Å². The quantitative estimate of drug-likeness (QED) is 0.480. The van der Waals surface area contributed by atoms with Crippen molar-refractivity contribution in [2.75, 3.05) is 0 Å². The summed E-state index contributed by atoms with van der Waals surface area (Å²) in [5, 5.41) is 0. The van der Waals surface area contributed by atoms with Crippen LogP contribution >= 0.6 is 0 Å². The van der Waals surface area contributed by atoms with Crippen molar-refractivity contribution < 1.29 is 0 Å². The van der Waals surface area contributed by atoms with Crippen molar-refractivity contribution in [2.45, 2.75) is 27.2 Å². The van der Waals surface area contributed by atoms with Gasteiger partial charge in [-0.25, -0.2) is 0 Å². The van der Waals surface area contributed by atoms with E-state index in [0.29, 0.717) is 0 Å². The second kappa shape index (κ2) is 3.05. The molecule has 0 N–H and O–H groups in total. The molecule has 0 saturated heterocycles. The molecule has 0 saturated carbocycles. The number of hydrogen-bond acceptors (Lipinski definition) is 0. The molecule has 2 unspecified atom stereocenters. The van der Waals surface area contributed by atoms with Gasteiger partial charge in [-0.2, -0.15) is 0 Å². The lowest BCUT2D eigenvalue weighted by Gasteiger charge is -2.11. The smallest absolute Gasteiger partial charge is 0.0226 e. The third kappa shape index (κ3) is 1.73. The van der Waals surface area contributed by atoms with E-state index in [4.69, 9.17) is 0 Å². The largest absolute Gasteiger partial charge is 0.0817 e. The number of rotatable bonds is 0. The predicted octanol–water partition coefficient (Wildman–Crippen LogP) is 3.16. The van der Waals surface area contributed by atoms with Gasteiger partial charge in [0.1, 0.15) is 0 Å². The van der Waals surface area contributed by atoms with E-state index in [1.165, 1.54) is 12.0 Å². The Balaban J connectivity index is 2.67. The molecule has 10 heavy (non-hydrogen) atoms. The zero-order valence-electron chi connectivity index (χ0n) is 7.09. The van der Waals surface area contributed by atoms with Crippen molar-refractivity contribution in [2.24, 2.45) is 11.8 Å². The fourth-order valence-corrected chi connectivity index (χ4v) is 1.38. The molecule has 1 aliphatic rings. The van der Waals surface area contributed by atoms with Crippen molar-refractivity contribution in [1.82, 2.24) is 0 Å². The molecule has 0 nitrogen and oxygen atoms in total. The van der Waals surface area contributed by atoms with Gasteiger partial charge in [-0.3, -0.25) is 0 Å². The maximum Gasteiger partial charge on any atom is -0.0226 e. The fourth-order valence-electron chi connectivity index (χ4n) is 1.38. The summed E-state index contributed by atoms with van der Waals surface area (Å²) in [5.41, 5.74) is 1.51. The first-order valence-corrected chi connectivity index (χ1v) is 4.05. The first-order chi connectivity index (χ1) is 4.70. The van der Waals surface area contributed by atoms with Gasteiger partial charge in [-0.05, 0) is 25.2 Å². The third-order valence-corrected chi connectivity index (χ3v) is 2.30. The lowest BCUT2D eigenvalue weighted by atomic mass is 9.94. The Morgan fingerprint density at radius 3 is 2.80 bits per heavy atom. The second-order valence-electron chi connectivity index (χ2n) is 3.41. The molecular weight excluding hydrogens is 120 g/mol. The van der Waals surface area contributed by atoms with Gasteiger partial charge in [0.05, 0.1) is 0 Å². The minimum atomic E-state index is 0.753. The molecule has 0 spiro atoms. The monoisotopic (exact) mass is 136 g/mol. The highest BCUT2D eigenvalue weighted by molar-refractivity contribution is 5.16. The molecule has 0 aromatic heterocycles. The van der Waals surface area contributed by atoms with Crippen molar-refractivity contribution in [3.05, 3.63) is 23.8 Å². The van der Waals surface area contributed by atoms with E-state index in [0.717, 1.165) is 11.8 Å². The highest BCUT2D eigenvalue weighted by Crippen LogP contribution is 2.22. The zero-order chi connectivity index (χ0) is 7.56. The SMILES string of the molecule is CC1=CC=CC(C)CC1C. The summed E-state index contributed by atoms with van der Waals surface area (Å²) >= 11 is 0. The molecule has 2 atom stereocenters. The molecule has 0 aromatic rings. The van der Waals surface area contributed by atoms with Crippen LogP contribution in [-0.4, -0.2) is 0 Å². The van der Waals surface area contributed by atoms with E-state index in [-0.39, 0.29) is 0 Å². The van der Waals surface area contributed by atoms with Crippen LogP contribution < -0.4 is 0 Å². The Labute approximate surface area is 63.6 Å². The molecule has 1 aliphatic carbocycles. The van der Waals surface area contributed by atoms with Crippen LogP contribution in [0.3, 0.4) is 0 Å². The van der Waals surface area contributed by atoms with Crippen LogP contribution in [0, 0.1) is 11.8 Å². The minimum absolute atomic E-state index is 0.753. The van der Waals surface area contributed by atoms with Gasteiger partial charge in [0.2, 0.25) is 0 Å². The molecule has 0 heterocycles. The average molecular weight is 136 g/mol. The van der Waals surface area contributed by atoms with Gasteiger partial charge in [-0.1, -0.05) is 37.6 Å². The molecule has 56 valence electrons. The van der Waals surface area contributed by atoms with E-state index >= 15 is 0 Å². The van der Waals surface area contributed by atoms with Gasteiger partial charge < -0.3 is 0 Å². The summed E-state index contributed by atoms with van der Waals surface area (Å²) in [6.07, 6.45) is 8.00. The predicted molar refractivity (Wildman–Crippen MR) is 45.8 cm³/mol. The van der Waals surface area contributed by atoms with Crippen molar-refractivity contribution in [1.29, 1.82) is 0 Å². The minimum Gasteiger partial charge on any atom is -0.0817 e. The second-order valence-corrected chi connectivity index (χ2v) is 3.41. The summed E-state index contributed by atoms with van der Waals surface area (Å²) in [6.45, 7) is 6.79. The maximum absolute atomic E-state index is 2.30. The third-order valence-electron chi connectivity index (χ3n) is 2.30. The lowest BCUT2D eigenvalue weighted by molar-refractivity contribution is 0.528. The fraction of sp³-hybridized carbons (Fsp3) is 0.600. The Morgan fingerprint density at radius 2 is 2.10 bits per heavy atom. The van der Waals surface area contributed by atoms with E-state index in [1.54, 1.807) is 0 Å². The first-order valence-electron chi connectivity index (χ1n) is 4.05. The Kier molecular flexibility index (Phi) is 2.31. The van der Waals surface area contributed by atoms with Gasteiger partial charge >= 0.3 is 0 Å². The van der Waals surface area contributed by atoms with Crippen LogP contribution in [0.15, 0.2) is 23.8 Å². The van der Waals surface area contributed by atoms with Gasteiger partial charge in [-0.15, -0.1) is 0 Å². The van der Waals surface area contributed by atoms with Crippen LogP contribution in [0.5, 0.6) is 0 Å². The standard InChI is InChI=1S/C10H16/c1-8-5-4-6-9(2)10(3)7-8/h4-6,8,10H,7H2,1-3H3. The van der Waals surface area contributed by atoms with Crippen LogP contribution in [-0.2, 0) is 0 Å². The Hall–Kier alpha value is -0.520. The maximum atomic E-state index is 2.30. The molecule has 0 bridgehead atoms. The summed E-state index contributed by atoms with van der Waals surface area (Å²) < 4.78 is 0. The first kappa shape index (κ1) is 7.59. The Bertz CT molecular complexity index is 163. The van der Waals surface area contributed by atoms with E-state index < -0.39 is 0 Å². The van der Waals surface area contributed by atoms with E-state index in [1.807, 2.05) is 0 Å². The topological polar surface area (TPSA) is 0 Å². The zero-order valence-corrected chi connectivity index (χ0v) is 7.09. The van der Waals surface area contributed by atoms with Gasteiger partial charge in [0.15, 0.2) is 0 Å². The number of allylic oxidation sites excluding steroid dienone is 4. The highest BCUT2D eigenvalue weighted by atomic mass is 14.1. The lowest BCUT2D eigenvalue weighted by Crippen LogP contribution is -1.99. The van der Waals surface area contributed by atoms with Gasteiger partial charge in [0, 0.05) is 0 Å². The van der Waals surface area contributed by atoms with Gasteiger partial charge in [0.25, 0.3) is 0 Å². The average Bonchev–Trinajstić information content (AvgIpc) is 1.96. The van der Waals surface area contributed by atoms with Crippen LogP contribution in [0.2, 0.25) is 0 Å². The van der Waals surface area contributed by atoms with E-state index in [9.17, 15) is 0 Å². The van der Waals surface area contributed by atoms with Crippen molar-refractivity contribution >= 4 is 0 Å². The summed E-state index contributed by atoms with van der Waals surface area (Å²) in [5.74, 6) is 1.52. The van der Waals surface area contributed by atoms with Crippen LogP contribution in [0.1, 0.15) is 27.2 Å². The highest BCUT2D eigenvalue weighted by Gasteiger charge is 2.09. The van der Waals surface area contributed by atoms with Crippen molar-refractivity contribution in [3.8, 4) is 0 Å². The summed E-state index contributed by atoms with van der Waals surface area (Å²) in [7, 11) is 0. The molecular formula is C10H16. The molecule has 0 aliphatic heterocycles. The van der Waals surface area contributed by atoms with Crippen molar-refractivity contribution in [3.63, 3.8) is 0 Å². The molecule has 0 fully saturated rings. The number of hydrogen-bond donors (Lipinski definition) is 0. The van der Waals surface area contributed by atoms with Crippen LogP contribution in [0.25, 0.3) is 0 Å².